The highest BCUT2D eigenvalue weighted by Gasteiger charge is 1.95. The average Bonchev–Trinajstić information content (AvgIpc) is 2.18. The molecule has 0 fully saturated rings. The van der Waals surface area contributed by atoms with Crippen molar-refractivity contribution in [1.29, 1.82) is 0 Å². The number of hydrogen-bond acceptors (Lipinski definition) is 3. The van der Waals surface area contributed by atoms with E-state index < -0.39 is 0 Å². The largest absolute Gasteiger partial charge is 0.397 e. The van der Waals surface area contributed by atoms with Crippen LogP contribution < -0.4 is 16.8 Å². The summed E-state index contributed by atoms with van der Waals surface area (Å²) >= 11 is 0. The van der Waals surface area contributed by atoms with Crippen LogP contribution in [0.15, 0.2) is 30.4 Å². The Morgan fingerprint density at radius 2 is 2.07 bits per heavy atom. The molecule has 3 nitrogen and oxygen atoms in total. The summed E-state index contributed by atoms with van der Waals surface area (Å²) in [5.41, 5.74) is 13.5. The smallest absolute Gasteiger partial charge is 0.0568 e. The van der Waals surface area contributed by atoms with Gasteiger partial charge in [-0.15, -0.1) is 0 Å². The fourth-order valence-corrected chi connectivity index (χ4v) is 1.15. The van der Waals surface area contributed by atoms with Crippen molar-refractivity contribution in [1.82, 2.24) is 0 Å². The Kier molecular flexibility index (Phi) is 3.85. The fourth-order valence-electron chi connectivity index (χ4n) is 1.15. The average molecular weight is 191 g/mol. The van der Waals surface area contributed by atoms with Crippen LogP contribution in [0.3, 0.4) is 0 Å². The van der Waals surface area contributed by atoms with Gasteiger partial charge in [0.2, 0.25) is 0 Å². The first-order chi connectivity index (χ1) is 6.74. The van der Waals surface area contributed by atoms with Crippen molar-refractivity contribution in [2.75, 3.05) is 23.3 Å². The molecule has 0 aliphatic rings. The third-order valence-electron chi connectivity index (χ3n) is 1.96. The minimum Gasteiger partial charge on any atom is -0.397 e. The summed E-state index contributed by atoms with van der Waals surface area (Å²) in [5.74, 6) is 0. The Bertz CT molecular complexity index is 318. The second-order valence-electron chi connectivity index (χ2n) is 3.13. The second kappa shape index (κ2) is 5.17. The number of nitrogens with two attached hydrogens (primary N) is 2. The molecule has 1 aromatic carbocycles. The van der Waals surface area contributed by atoms with E-state index in [1.807, 2.05) is 31.2 Å². The van der Waals surface area contributed by atoms with Crippen molar-refractivity contribution in [2.45, 2.75) is 13.3 Å². The first kappa shape index (κ1) is 10.4. The van der Waals surface area contributed by atoms with Gasteiger partial charge in [-0.3, -0.25) is 0 Å². The minimum absolute atomic E-state index is 0.626. The summed E-state index contributed by atoms with van der Waals surface area (Å²) in [6.07, 6.45) is 5.17. The van der Waals surface area contributed by atoms with Crippen LogP contribution in [0.1, 0.15) is 13.3 Å². The van der Waals surface area contributed by atoms with E-state index in [0.717, 1.165) is 18.7 Å². The second-order valence-corrected chi connectivity index (χ2v) is 3.13. The van der Waals surface area contributed by atoms with Gasteiger partial charge < -0.3 is 16.8 Å². The zero-order chi connectivity index (χ0) is 10.4. The Morgan fingerprint density at radius 3 is 2.71 bits per heavy atom. The van der Waals surface area contributed by atoms with Crippen LogP contribution in [0.4, 0.5) is 17.1 Å². The van der Waals surface area contributed by atoms with Crippen LogP contribution in [-0.2, 0) is 0 Å². The third kappa shape index (κ3) is 3.01. The van der Waals surface area contributed by atoms with Crippen molar-refractivity contribution >= 4 is 17.1 Å². The van der Waals surface area contributed by atoms with E-state index in [4.69, 9.17) is 11.5 Å². The molecule has 0 aromatic heterocycles. The quantitative estimate of drug-likeness (QED) is 0.388. The molecular formula is C11H17N3. The molecule has 76 valence electrons. The number of allylic oxidation sites excluding steroid dienone is 1. The molecule has 3 heteroatoms. The molecule has 5 N–H and O–H groups in total. The zero-order valence-electron chi connectivity index (χ0n) is 8.46. The van der Waals surface area contributed by atoms with Crippen molar-refractivity contribution in [3.05, 3.63) is 30.4 Å². The molecular weight excluding hydrogens is 174 g/mol. The van der Waals surface area contributed by atoms with Crippen LogP contribution in [0.5, 0.6) is 0 Å². The lowest BCUT2D eigenvalue weighted by Crippen LogP contribution is -2.02. The van der Waals surface area contributed by atoms with E-state index in [1.165, 1.54) is 0 Å². The van der Waals surface area contributed by atoms with Gasteiger partial charge in [0.15, 0.2) is 0 Å². The molecule has 0 saturated carbocycles. The zero-order valence-corrected chi connectivity index (χ0v) is 8.46. The number of benzene rings is 1. The fraction of sp³-hybridized carbons (Fsp3) is 0.273. The predicted octanol–water partition coefficient (Wildman–Crippen LogP) is 2.23. The topological polar surface area (TPSA) is 64.1 Å². The van der Waals surface area contributed by atoms with E-state index in [2.05, 4.69) is 11.4 Å². The number of anilines is 3. The highest BCUT2D eigenvalue weighted by atomic mass is 14.9. The highest BCUT2D eigenvalue weighted by molar-refractivity contribution is 5.69. The van der Waals surface area contributed by atoms with Crippen molar-refractivity contribution in [2.24, 2.45) is 0 Å². The molecule has 0 unspecified atom stereocenters. The van der Waals surface area contributed by atoms with Gasteiger partial charge >= 0.3 is 0 Å². The standard InChI is InChI=1S/C11H17N3/c1-2-3-4-7-14-9-5-6-10(12)11(13)8-9/h2-3,5-6,8,14H,4,7,12-13H2,1H3/b3-2+. The summed E-state index contributed by atoms with van der Waals surface area (Å²) in [6.45, 7) is 2.93. The summed E-state index contributed by atoms with van der Waals surface area (Å²) in [4.78, 5) is 0. The summed E-state index contributed by atoms with van der Waals surface area (Å²) < 4.78 is 0. The van der Waals surface area contributed by atoms with Gasteiger partial charge in [-0.05, 0) is 31.5 Å². The van der Waals surface area contributed by atoms with E-state index in [0.29, 0.717) is 11.4 Å². The van der Waals surface area contributed by atoms with E-state index in [1.54, 1.807) is 0 Å². The Hall–Kier alpha value is -1.64. The van der Waals surface area contributed by atoms with Crippen LogP contribution >= 0.6 is 0 Å². The molecule has 1 rings (SSSR count). The Labute approximate surface area is 84.8 Å². The summed E-state index contributed by atoms with van der Waals surface area (Å²) in [5, 5.41) is 3.26. The van der Waals surface area contributed by atoms with Gasteiger partial charge in [0.25, 0.3) is 0 Å². The number of nitrogen functional groups attached to an aromatic ring is 2. The monoisotopic (exact) mass is 191 g/mol. The van der Waals surface area contributed by atoms with Gasteiger partial charge in [0, 0.05) is 12.2 Å². The molecule has 0 bridgehead atoms. The third-order valence-corrected chi connectivity index (χ3v) is 1.96. The van der Waals surface area contributed by atoms with Crippen molar-refractivity contribution in [3.63, 3.8) is 0 Å². The van der Waals surface area contributed by atoms with Gasteiger partial charge in [0.05, 0.1) is 11.4 Å². The molecule has 0 aliphatic heterocycles. The predicted molar refractivity (Wildman–Crippen MR) is 63.2 cm³/mol. The maximum absolute atomic E-state index is 5.67. The molecule has 0 heterocycles. The molecule has 14 heavy (non-hydrogen) atoms. The van der Waals surface area contributed by atoms with Gasteiger partial charge in [-0.2, -0.15) is 0 Å². The van der Waals surface area contributed by atoms with E-state index in [9.17, 15) is 0 Å². The minimum atomic E-state index is 0.626. The van der Waals surface area contributed by atoms with E-state index >= 15 is 0 Å². The van der Waals surface area contributed by atoms with Crippen LogP contribution in [0.2, 0.25) is 0 Å². The lowest BCUT2D eigenvalue weighted by Gasteiger charge is -2.06. The summed E-state index contributed by atoms with van der Waals surface area (Å²) in [6, 6.07) is 5.60. The normalized spacial score (nSPS) is 10.6. The number of nitrogens with one attached hydrogen (secondary N) is 1. The molecule has 0 atom stereocenters. The summed E-state index contributed by atoms with van der Waals surface area (Å²) in [7, 11) is 0. The molecule has 0 amide bonds. The maximum Gasteiger partial charge on any atom is 0.0568 e. The van der Waals surface area contributed by atoms with Crippen molar-refractivity contribution < 1.29 is 0 Å². The van der Waals surface area contributed by atoms with Crippen LogP contribution in [0.25, 0.3) is 0 Å². The van der Waals surface area contributed by atoms with Gasteiger partial charge in [-0.1, -0.05) is 12.2 Å². The van der Waals surface area contributed by atoms with E-state index in [-0.39, 0.29) is 0 Å². The van der Waals surface area contributed by atoms with Crippen LogP contribution in [-0.4, -0.2) is 6.54 Å². The highest BCUT2D eigenvalue weighted by Crippen LogP contribution is 2.19. The lowest BCUT2D eigenvalue weighted by atomic mass is 10.2. The first-order valence-electron chi connectivity index (χ1n) is 4.74. The Morgan fingerprint density at radius 1 is 1.29 bits per heavy atom. The molecule has 0 aliphatic carbocycles. The maximum atomic E-state index is 5.67. The Balaban J connectivity index is 2.47. The molecule has 0 spiro atoms. The van der Waals surface area contributed by atoms with Crippen LogP contribution in [0, 0.1) is 0 Å². The molecule has 0 saturated heterocycles. The lowest BCUT2D eigenvalue weighted by molar-refractivity contribution is 1.06. The molecule has 0 radical (unpaired) electrons. The van der Waals surface area contributed by atoms with Gasteiger partial charge in [0.1, 0.15) is 0 Å². The SMILES string of the molecule is C/C=C/CCNc1ccc(N)c(N)c1. The first-order valence-corrected chi connectivity index (χ1v) is 4.74. The van der Waals surface area contributed by atoms with Gasteiger partial charge in [-0.25, -0.2) is 0 Å². The number of rotatable bonds is 4. The van der Waals surface area contributed by atoms with Crippen molar-refractivity contribution in [3.8, 4) is 0 Å². The molecule has 1 aromatic rings. The number of hydrogen-bond donors (Lipinski definition) is 3.